The summed E-state index contributed by atoms with van der Waals surface area (Å²) in [5.74, 6) is 2.10. The Morgan fingerprint density at radius 1 is 0.472 bits per heavy atom. The van der Waals surface area contributed by atoms with Crippen molar-refractivity contribution in [2.75, 3.05) is 13.2 Å². The minimum absolute atomic E-state index is 0.771. The largest absolute Gasteiger partial charge is 0.492 e. The van der Waals surface area contributed by atoms with Crippen molar-refractivity contribution in [1.29, 1.82) is 0 Å². The van der Waals surface area contributed by atoms with Crippen molar-refractivity contribution >= 4 is 21.5 Å². The number of fused-ring (bicyclic) bond motifs is 2. The van der Waals surface area contributed by atoms with Crippen LogP contribution in [0.3, 0.4) is 0 Å². The molecule has 2 heteroatoms. The molecule has 0 unspecified atom stereocenters. The first-order valence-electron chi connectivity index (χ1n) is 15.0. The lowest BCUT2D eigenvalue weighted by Crippen LogP contribution is -2.04. The van der Waals surface area contributed by atoms with Crippen LogP contribution in [0.5, 0.6) is 11.5 Å². The molecular formula is C34H50O2. The van der Waals surface area contributed by atoms with Crippen LogP contribution < -0.4 is 9.47 Å². The highest BCUT2D eigenvalue weighted by molar-refractivity contribution is 6.11. The van der Waals surface area contributed by atoms with Gasteiger partial charge in [0.05, 0.1) is 13.2 Å². The van der Waals surface area contributed by atoms with Gasteiger partial charge in [0, 0.05) is 21.5 Å². The zero-order chi connectivity index (χ0) is 25.6. The lowest BCUT2D eigenvalue weighted by molar-refractivity contribution is 0.308. The van der Waals surface area contributed by atoms with Crippen molar-refractivity contribution in [2.45, 2.75) is 118 Å². The fraction of sp³-hybridized carbons (Fsp3) is 0.588. The van der Waals surface area contributed by atoms with E-state index < -0.39 is 0 Å². The molecule has 0 bridgehead atoms. The molecule has 0 atom stereocenters. The molecule has 0 aliphatic heterocycles. The van der Waals surface area contributed by atoms with Crippen LogP contribution in [0.15, 0.2) is 36.4 Å². The molecule has 0 saturated carbocycles. The molecule has 0 aromatic heterocycles. The third-order valence-electron chi connectivity index (χ3n) is 7.33. The van der Waals surface area contributed by atoms with Gasteiger partial charge in [0.25, 0.3) is 0 Å². The molecule has 0 aliphatic rings. The third-order valence-corrected chi connectivity index (χ3v) is 7.33. The van der Waals surface area contributed by atoms with E-state index in [1.165, 1.54) is 96.9 Å². The van der Waals surface area contributed by atoms with E-state index in [1.807, 2.05) is 0 Å². The normalized spacial score (nSPS) is 11.4. The van der Waals surface area contributed by atoms with Crippen LogP contribution in [0.4, 0.5) is 0 Å². The zero-order valence-electron chi connectivity index (χ0n) is 23.6. The van der Waals surface area contributed by atoms with E-state index >= 15 is 0 Å². The number of ether oxygens (including phenoxy) is 2. The lowest BCUT2D eigenvalue weighted by atomic mass is 9.91. The highest BCUT2D eigenvalue weighted by atomic mass is 16.5. The monoisotopic (exact) mass is 490 g/mol. The minimum Gasteiger partial charge on any atom is -0.492 e. The number of hydrogen-bond acceptors (Lipinski definition) is 2. The molecule has 3 aromatic rings. The van der Waals surface area contributed by atoms with Crippen LogP contribution in [0, 0.1) is 0 Å². The molecule has 0 amide bonds. The van der Waals surface area contributed by atoms with Gasteiger partial charge in [-0.05, 0) is 61.8 Å². The molecule has 0 fully saturated rings. The first-order valence-corrected chi connectivity index (χ1v) is 15.0. The first kappa shape index (κ1) is 28.4. The molecule has 3 rings (SSSR count). The van der Waals surface area contributed by atoms with Crippen molar-refractivity contribution < 1.29 is 9.47 Å². The average molecular weight is 491 g/mol. The van der Waals surface area contributed by atoms with Crippen molar-refractivity contribution in [3.63, 3.8) is 0 Å². The molecule has 36 heavy (non-hydrogen) atoms. The standard InChI is InChI=1S/C34H50O2/c1-5-9-13-19-27-25-31-32(26-28(27)20-14-10-6-2)34(36-24-18-12-8-4)30-22-16-15-21-29(30)33(31)35-23-17-11-7-3/h15-16,21-22,25-26H,5-14,17-20,23-24H2,1-4H3. The molecule has 0 spiro atoms. The molecule has 3 aromatic carbocycles. The number of rotatable bonds is 18. The highest BCUT2D eigenvalue weighted by Gasteiger charge is 2.19. The highest BCUT2D eigenvalue weighted by Crippen LogP contribution is 2.44. The van der Waals surface area contributed by atoms with Gasteiger partial charge in [-0.25, -0.2) is 0 Å². The summed E-state index contributed by atoms with van der Waals surface area (Å²) in [5, 5.41) is 4.85. The summed E-state index contributed by atoms with van der Waals surface area (Å²) in [7, 11) is 0. The summed E-state index contributed by atoms with van der Waals surface area (Å²) < 4.78 is 13.2. The van der Waals surface area contributed by atoms with Crippen LogP contribution in [0.2, 0.25) is 0 Å². The van der Waals surface area contributed by atoms with Crippen molar-refractivity contribution in [2.24, 2.45) is 0 Å². The Balaban J connectivity index is 2.16. The number of aryl methyl sites for hydroxylation is 2. The number of hydrogen-bond donors (Lipinski definition) is 0. The van der Waals surface area contributed by atoms with Crippen molar-refractivity contribution in [3.8, 4) is 11.5 Å². The van der Waals surface area contributed by atoms with Gasteiger partial charge in [-0.15, -0.1) is 0 Å². The predicted octanol–water partition coefficient (Wildman–Crippen LogP) is 10.6. The topological polar surface area (TPSA) is 18.5 Å². The Morgan fingerprint density at radius 3 is 1.25 bits per heavy atom. The second kappa shape index (κ2) is 15.8. The summed E-state index contributed by atoms with van der Waals surface area (Å²) >= 11 is 0. The molecule has 0 radical (unpaired) electrons. The fourth-order valence-electron chi connectivity index (χ4n) is 5.19. The summed E-state index contributed by atoms with van der Waals surface area (Å²) in [5.41, 5.74) is 3.02. The smallest absolute Gasteiger partial charge is 0.135 e. The third kappa shape index (κ3) is 7.64. The molecule has 2 nitrogen and oxygen atoms in total. The van der Waals surface area contributed by atoms with Crippen LogP contribution in [-0.4, -0.2) is 13.2 Å². The molecule has 0 heterocycles. The Kier molecular flexibility index (Phi) is 12.4. The molecule has 0 saturated heterocycles. The zero-order valence-corrected chi connectivity index (χ0v) is 23.6. The van der Waals surface area contributed by atoms with E-state index in [9.17, 15) is 0 Å². The van der Waals surface area contributed by atoms with Crippen LogP contribution >= 0.6 is 0 Å². The molecular weight excluding hydrogens is 440 g/mol. The van der Waals surface area contributed by atoms with Gasteiger partial charge in [0.1, 0.15) is 11.5 Å². The second-order valence-electron chi connectivity index (χ2n) is 10.4. The van der Waals surface area contributed by atoms with E-state index in [0.29, 0.717) is 0 Å². The Bertz CT molecular complexity index is 968. The van der Waals surface area contributed by atoms with E-state index in [-0.39, 0.29) is 0 Å². The minimum atomic E-state index is 0.771. The van der Waals surface area contributed by atoms with Crippen LogP contribution in [0.25, 0.3) is 21.5 Å². The number of benzene rings is 3. The van der Waals surface area contributed by atoms with Gasteiger partial charge in [-0.2, -0.15) is 0 Å². The van der Waals surface area contributed by atoms with E-state index in [2.05, 4.69) is 64.1 Å². The predicted molar refractivity (Wildman–Crippen MR) is 158 cm³/mol. The fourth-order valence-corrected chi connectivity index (χ4v) is 5.19. The van der Waals surface area contributed by atoms with Gasteiger partial charge < -0.3 is 9.47 Å². The van der Waals surface area contributed by atoms with Gasteiger partial charge in [0.15, 0.2) is 0 Å². The first-order chi connectivity index (χ1) is 17.7. The van der Waals surface area contributed by atoms with Gasteiger partial charge in [-0.1, -0.05) is 103 Å². The quantitative estimate of drug-likeness (QED) is 0.130. The number of unbranched alkanes of at least 4 members (excludes halogenated alkanes) is 8. The van der Waals surface area contributed by atoms with E-state index in [1.54, 1.807) is 0 Å². The average Bonchev–Trinajstić information content (AvgIpc) is 2.90. The maximum atomic E-state index is 6.60. The molecule has 0 N–H and O–H groups in total. The molecule has 0 aliphatic carbocycles. The van der Waals surface area contributed by atoms with E-state index in [4.69, 9.17) is 9.47 Å². The van der Waals surface area contributed by atoms with Crippen molar-refractivity contribution in [3.05, 3.63) is 47.5 Å². The second-order valence-corrected chi connectivity index (χ2v) is 10.4. The summed E-state index contributed by atoms with van der Waals surface area (Å²) in [4.78, 5) is 0. The Morgan fingerprint density at radius 2 is 0.861 bits per heavy atom. The van der Waals surface area contributed by atoms with Crippen molar-refractivity contribution in [1.82, 2.24) is 0 Å². The lowest BCUT2D eigenvalue weighted by Gasteiger charge is -2.20. The van der Waals surface area contributed by atoms with Crippen LogP contribution in [-0.2, 0) is 12.8 Å². The Hall–Kier alpha value is -2.22. The summed E-state index contributed by atoms with van der Waals surface area (Å²) in [6.45, 7) is 10.6. The molecule has 198 valence electrons. The maximum Gasteiger partial charge on any atom is 0.135 e. The van der Waals surface area contributed by atoms with Gasteiger partial charge >= 0.3 is 0 Å². The van der Waals surface area contributed by atoms with Gasteiger partial charge in [-0.3, -0.25) is 0 Å². The summed E-state index contributed by atoms with van der Waals surface area (Å²) in [6, 6.07) is 13.6. The van der Waals surface area contributed by atoms with E-state index in [0.717, 1.165) is 50.4 Å². The summed E-state index contributed by atoms with van der Waals surface area (Å²) in [6.07, 6.45) is 16.9. The maximum absolute atomic E-state index is 6.60. The van der Waals surface area contributed by atoms with Gasteiger partial charge in [0.2, 0.25) is 0 Å². The van der Waals surface area contributed by atoms with Crippen LogP contribution in [0.1, 0.15) is 116 Å². The SMILES string of the molecule is CCCCCOc1c2ccccc2c(OCCCCC)c2cc(CCCCC)c(CCCCC)cc12. The Labute approximate surface area is 220 Å².